The maximum atomic E-state index is 13.5. The Bertz CT molecular complexity index is 1210. The van der Waals surface area contributed by atoms with Crippen LogP contribution in [0.4, 0.5) is 4.79 Å². The molecule has 0 bridgehead atoms. The highest BCUT2D eigenvalue weighted by Gasteiger charge is 2.42. The first-order chi connectivity index (χ1) is 20.2. The molecule has 0 unspecified atom stereocenters. The van der Waals surface area contributed by atoms with Gasteiger partial charge in [-0.25, -0.2) is 9.48 Å². The lowest BCUT2D eigenvalue weighted by Gasteiger charge is -2.35. The molecule has 4 heterocycles. The van der Waals surface area contributed by atoms with Crippen LogP contribution in [0.5, 0.6) is 0 Å². The Labute approximate surface area is 248 Å². The van der Waals surface area contributed by atoms with E-state index in [1.54, 1.807) is 9.80 Å². The monoisotopic (exact) mass is 579 g/mol. The van der Waals surface area contributed by atoms with Gasteiger partial charge in [0.25, 0.3) is 0 Å². The highest BCUT2D eigenvalue weighted by Crippen LogP contribution is 2.30. The molecule has 11 heteroatoms. The van der Waals surface area contributed by atoms with Crippen LogP contribution in [-0.4, -0.2) is 110 Å². The first kappa shape index (κ1) is 30.0. The van der Waals surface area contributed by atoms with E-state index in [0.29, 0.717) is 39.0 Å². The molecule has 3 aliphatic rings. The average molecular weight is 580 g/mol. The number of nitrogens with zero attached hydrogens (tertiary/aromatic N) is 7. The van der Waals surface area contributed by atoms with Gasteiger partial charge in [0.05, 0.1) is 17.9 Å². The molecule has 2 aromatic rings. The number of amides is 3. The minimum atomic E-state index is -0.507. The van der Waals surface area contributed by atoms with Gasteiger partial charge in [0, 0.05) is 65.2 Å². The van der Waals surface area contributed by atoms with E-state index in [2.05, 4.69) is 27.3 Å². The Hall–Kier alpha value is -3.47. The molecule has 0 N–H and O–H groups in total. The summed E-state index contributed by atoms with van der Waals surface area (Å²) in [5.74, 6) is 0.101. The van der Waals surface area contributed by atoms with Crippen molar-refractivity contribution in [1.29, 1.82) is 0 Å². The van der Waals surface area contributed by atoms with Crippen LogP contribution in [0.25, 0.3) is 0 Å². The molecule has 3 aliphatic heterocycles. The number of rotatable bonds is 8. The standard InChI is InChI=1S/C31H45N7O4/c1-31(2,3)42-30(41)36-18-16-34(17-19-36)21-25-22-38(33-32-25)26-20-27(29(40)35-14-7-8-15-35)37(23-26)28(39)13-9-12-24-10-5-4-6-11-24/h4-6,10-11,22,26-27H,7-9,12-21,23H2,1-3H3/t26-,27-/m0/s1. The van der Waals surface area contributed by atoms with Gasteiger partial charge in [-0.2, -0.15) is 0 Å². The number of aromatic nitrogens is 3. The number of carbonyl (C=O) groups excluding carboxylic acids is 3. The maximum absolute atomic E-state index is 13.5. The van der Waals surface area contributed by atoms with Crippen molar-refractivity contribution in [2.75, 3.05) is 45.8 Å². The summed E-state index contributed by atoms with van der Waals surface area (Å²) in [6, 6.07) is 9.65. The molecule has 3 amide bonds. The Balaban J connectivity index is 1.17. The Morgan fingerprint density at radius 2 is 1.67 bits per heavy atom. The van der Waals surface area contributed by atoms with E-state index in [1.165, 1.54) is 5.56 Å². The van der Waals surface area contributed by atoms with Crippen LogP contribution in [0.3, 0.4) is 0 Å². The number of hydrogen-bond acceptors (Lipinski definition) is 7. The van der Waals surface area contributed by atoms with Crippen molar-refractivity contribution < 1.29 is 19.1 Å². The van der Waals surface area contributed by atoms with Gasteiger partial charge in [-0.15, -0.1) is 5.10 Å². The minimum Gasteiger partial charge on any atom is -0.444 e. The molecule has 42 heavy (non-hydrogen) atoms. The lowest BCUT2D eigenvalue weighted by molar-refractivity contribution is -0.143. The molecular formula is C31H45N7O4. The van der Waals surface area contributed by atoms with Crippen molar-refractivity contribution >= 4 is 17.9 Å². The molecule has 2 atom stereocenters. The summed E-state index contributed by atoms with van der Waals surface area (Å²) in [6.07, 6.45) is 6.28. The summed E-state index contributed by atoms with van der Waals surface area (Å²) in [7, 11) is 0. The van der Waals surface area contributed by atoms with E-state index < -0.39 is 11.6 Å². The number of ether oxygens (including phenoxy) is 1. The van der Waals surface area contributed by atoms with Crippen LogP contribution < -0.4 is 0 Å². The molecule has 11 nitrogen and oxygen atoms in total. The summed E-state index contributed by atoms with van der Waals surface area (Å²) in [4.78, 5) is 47.0. The van der Waals surface area contributed by atoms with E-state index in [0.717, 1.165) is 57.6 Å². The molecule has 5 rings (SSSR count). The number of piperazine rings is 1. The summed E-state index contributed by atoms with van der Waals surface area (Å²) in [6.45, 7) is 10.9. The molecule has 0 saturated carbocycles. The quantitative estimate of drug-likeness (QED) is 0.473. The number of aryl methyl sites for hydroxylation is 1. The SMILES string of the molecule is CC(C)(C)OC(=O)N1CCN(Cc2cn([C@H]3C[C@@H](C(=O)N4CCCC4)N(C(=O)CCCc4ccccc4)C3)nn2)CC1. The predicted molar refractivity (Wildman–Crippen MR) is 157 cm³/mol. The van der Waals surface area contributed by atoms with Crippen LogP contribution in [0, 0.1) is 0 Å². The van der Waals surface area contributed by atoms with Crippen molar-refractivity contribution in [1.82, 2.24) is 34.6 Å². The molecule has 0 radical (unpaired) electrons. The largest absolute Gasteiger partial charge is 0.444 e. The highest BCUT2D eigenvalue weighted by molar-refractivity contribution is 5.88. The molecule has 1 aromatic heterocycles. The number of benzene rings is 1. The molecule has 1 aromatic carbocycles. The smallest absolute Gasteiger partial charge is 0.410 e. The fourth-order valence-electron chi connectivity index (χ4n) is 6.10. The highest BCUT2D eigenvalue weighted by atomic mass is 16.6. The molecular weight excluding hydrogens is 534 g/mol. The van der Waals surface area contributed by atoms with Crippen molar-refractivity contribution in [2.24, 2.45) is 0 Å². The fraction of sp³-hybridized carbons (Fsp3) is 0.645. The number of hydrogen-bond donors (Lipinski definition) is 0. The zero-order valence-electron chi connectivity index (χ0n) is 25.3. The maximum Gasteiger partial charge on any atom is 0.410 e. The Morgan fingerprint density at radius 3 is 2.36 bits per heavy atom. The summed E-state index contributed by atoms with van der Waals surface area (Å²) in [5, 5.41) is 8.85. The van der Waals surface area contributed by atoms with Gasteiger partial charge >= 0.3 is 6.09 Å². The molecule has 0 spiro atoms. The number of carbonyl (C=O) groups is 3. The second-order valence-corrected chi connectivity index (χ2v) is 12.8. The zero-order chi connectivity index (χ0) is 29.7. The van der Waals surface area contributed by atoms with Crippen molar-refractivity contribution in [3.05, 3.63) is 47.8 Å². The summed E-state index contributed by atoms with van der Waals surface area (Å²) in [5.41, 5.74) is 1.56. The third-order valence-corrected chi connectivity index (χ3v) is 8.34. The normalized spacial score (nSPS) is 21.6. The van der Waals surface area contributed by atoms with Crippen molar-refractivity contribution in [2.45, 2.75) is 83.5 Å². The van der Waals surface area contributed by atoms with Gasteiger partial charge in [-0.1, -0.05) is 35.5 Å². The van der Waals surface area contributed by atoms with E-state index in [1.807, 2.05) is 54.7 Å². The second-order valence-electron chi connectivity index (χ2n) is 12.8. The van der Waals surface area contributed by atoms with E-state index in [-0.39, 0.29) is 23.9 Å². The van der Waals surface area contributed by atoms with Gasteiger partial charge in [-0.3, -0.25) is 14.5 Å². The van der Waals surface area contributed by atoms with Gasteiger partial charge in [-0.05, 0) is 52.0 Å². The lowest BCUT2D eigenvalue weighted by atomic mass is 10.1. The topological polar surface area (TPSA) is 104 Å². The van der Waals surface area contributed by atoms with Crippen LogP contribution in [-0.2, 0) is 27.3 Å². The first-order valence-electron chi connectivity index (χ1n) is 15.4. The predicted octanol–water partition coefficient (Wildman–Crippen LogP) is 3.12. The molecule has 228 valence electrons. The third-order valence-electron chi connectivity index (χ3n) is 8.34. The fourth-order valence-corrected chi connectivity index (χ4v) is 6.10. The van der Waals surface area contributed by atoms with Crippen LogP contribution >= 0.6 is 0 Å². The molecule has 3 fully saturated rings. The third kappa shape index (κ3) is 7.67. The van der Waals surface area contributed by atoms with Gasteiger partial charge < -0.3 is 19.4 Å². The van der Waals surface area contributed by atoms with Crippen molar-refractivity contribution in [3.8, 4) is 0 Å². The van der Waals surface area contributed by atoms with Crippen molar-refractivity contribution in [3.63, 3.8) is 0 Å². The lowest BCUT2D eigenvalue weighted by Crippen LogP contribution is -2.49. The zero-order valence-corrected chi connectivity index (χ0v) is 25.3. The van der Waals surface area contributed by atoms with E-state index in [4.69, 9.17) is 4.74 Å². The van der Waals surface area contributed by atoms with E-state index >= 15 is 0 Å². The second kappa shape index (κ2) is 13.2. The average Bonchev–Trinajstić information content (AvgIpc) is 3.74. The first-order valence-corrected chi connectivity index (χ1v) is 15.4. The molecule has 3 saturated heterocycles. The van der Waals surface area contributed by atoms with E-state index in [9.17, 15) is 14.4 Å². The van der Waals surface area contributed by atoms with Gasteiger partial charge in [0.2, 0.25) is 11.8 Å². The summed E-state index contributed by atoms with van der Waals surface area (Å²) < 4.78 is 7.35. The van der Waals surface area contributed by atoms with Gasteiger partial charge in [0.15, 0.2) is 0 Å². The van der Waals surface area contributed by atoms with Crippen LogP contribution in [0.1, 0.15) is 70.2 Å². The number of likely N-dealkylation sites (tertiary alicyclic amines) is 2. The summed E-state index contributed by atoms with van der Waals surface area (Å²) >= 11 is 0. The minimum absolute atomic E-state index is 0.0363. The van der Waals surface area contributed by atoms with Crippen LogP contribution in [0.15, 0.2) is 36.5 Å². The molecule has 0 aliphatic carbocycles. The Morgan fingerprint density at radius 1 is 0.952 bits per heavy atom. The Kier molecular flexibility index (Phi) is 9.45. The van der Waals surface area contributed by atoms with Crippen LogP contribution in [0.2, 0.25) is 0 Å². The van der Waals surface area contributed by atoms with Gasteiger partial charge in [0.1, 0.15) is 11.6 Å².